The van der Waals surface area contributed by atoms with Crippen molar-refractivity contribution >= 4 is 16.8 Å². The molecule has 0 aliphatic heterocycles. The minimum absolute atomic E-state index is 0.283. The lowest BCUT2D eigenvalue weighted by molar-refractivity contribution is -0.120. The highest BCUT2D eigenvalue weighted by Crippen LogP contribution is 2.47. The number of amides is 1. The molecule has 3 aromatic heterocycles. The maximum absolute atomic E-state index is 14.5. The summed E-state index contributed by atoms with van der Waals surface area (Å²) in [6.45, 7) is 0. The molecule has 0 radical (unpaired) electrons. The lowest BCUT2D eigenvalue weighted by atomic mass is 9.99. The first-order chi connectivity index (χ1) is 14.1. The van der Waals surface area contributed by atoms with Crippen LogP contribution in [0.4, 0.5) is 4.39 Å². The number of rotatable bonds is 4. The standard InChI is InChI=1S/C22H16FN5O/c23-16-11-25-8-5-15(16)20-19(14-9-13-3-1-2-4-17(13)26-10-14)28-18(12-27-20)22(6-7-22)21(24)29/h1-5,8-12H,6-7H2,(H2,24,29). The van der Waals surface area contributed by atoms with Gasteiger partial charge in [-0.2, -0.15) is 0 Å². The summed E-state index contributed by atoms with van der Waals surface area (Å²) < 4.78 is 14.5. The second kappa shape index (κ2) is 6.41. The first-order valence-electron chi connectivity index (χ1n) is 9.21. The highest BCUT2D eigenvalue weighted by Gasteiger charge is 2.52. The molecular formula is C22H16FN5O. The molecule has 1 aliphatic carbocycles. The number of nitrogens with two attached hydrogens (primary N) is 1. The van der Waals surface area contributed by atoms with E-state index in [1.165, 1.54) is 12.4 Å². The number of aromatic nitrogens is 4. The van der Waals surface area contributed by atoms with E-state index in [-0.39, 0.29) is 5.56 Å². The summed E-state index contributed by atoms with van der Waals surface area (Å²) in [5.41, 5.74) is 7.96. The molecule has 0 bridgehead atoms. The molecule has 29 heavy (non-hydrogen) atoms. The number of benzene rings is 1. The van der Waals surface area contributed by atoms with E-state index in [0.29, 0.717) is 35.5 Å². The second-order valence-corrected chi connectivity index (χ2v) is 7.17. The van der Waals surface area contributed by atoms with Gasteiger partial charge in [0.1, 0.15) is 0 Å². The number of hydrogen-bond acceptors (Lipinski definition) is 5. The van der Waals surface area contributed by atoms with Crippen LogP contribution in [0.3, 0.4) is 0 Å². The van der Waals surface area contributed by atoms with Crippen molar-refractivity contribution in [2.24, 2.45) is 5.73 Å². The lowest BCUT2D eigenvalue weighted by Gasteiger charge is -2.15. The van der Waals surface area contributed by atoms with Crippen LogP contribution in [0.5, 0.6) is 0 Å². The van der Waals surface area contributed by atoms with Gasteiger partial charge in [0, 0.05) is 28.9 Å². The summed E-state index contributed by atoms with van der Waals surface area (Å²) in [6.07, 6.45) is 7.11. The van der Waals surface area contributed by atoms with E-state index in [1.54, 1.807) is 12.3 Å². The molecule has 3 heterocycles. The van der Waals surface area contributed by atoms with Crippen LogP contribution < -0.4 is 5.73 Å². The molecule has 7 heteroatoms. The molecule has 0 spiro atoms. The van der Waals surface area contributed by atoms with Gasteiger partial charge in [-0.25, -0.2) is 9.37 Å². The van der Waals surface area contributed by atoms with Crippen LogP contribution in [0.25, 0.3) is 33.4 Å². The van der Waals surface area contributed by atoms with Crippen molar-refractivity contribution in [2.75, 3.05) is 0 Å². The van der Waals surface area contributed by atoms with Crippen LogP contribution >= 0.6 is 0 Å². The van der Waals surface area contributed by atoms with Gasteiger partial charge in [0.2, 0.25) is 5.91 Å². The summed E-state index contributed by atoms with van der Waals surface area (Å²) >= 11 is 0. The molecule has 0 atom stereocenters. The van der Waals surface area contributed by atoms with Crippen LogP contribution in [0, 0.1) is 5.82 Å². The van der Waals surface area contributed by atoms with Crippen molar-refractivity contribution < 1.29 is 9.18 Å². The van der Waals surface area contributed by atoms with E-state index in [4.69, 9.17) is 10.7 Å². The number of fused-ring (bicyclic) bond motifs is 1. The van der Waals surface area contributed by atoms with E-state index >= 15 is 0 Å². The van der Waals surface area contributed by atoms with Gasteiger partial charge >= 0.3 is 0 Å². The third-order valence-corrected chi connectivity index (χ3v) is 5.38. The number of pyridine rings is 2. The molecule has 2 N–H and O–H groups in total. The number of primary amides is 1. The lowest BCUT2D eigenvalue weighted by Crippen LogP contribution is -2.29. The SMILES string of the molecule is NC(=O)C1(c2cnc(-c3ccncc3F)c(-c3cnc4ccccc4c3)n2)CC1. The Morgan fingerprint density at radius 1 is 1.03 bits per heavy atom. The fraction of sp³-hybridized carbons (Fsp3) is 0.136. The Morgan fingerprint density at radius 3 is 2.62 bits per heavy atom. The van der Waals surface area contributed by atoms with Crippen molar-refractivity contribution in [1.82, 2.24) is 19.9 Å². The summed E-state index contributed by atoms with van der Waals surface area (Å²) in [5, 5.41) is 0.925. The highest BCUT2D eigenvalue weighted by molar-refractivity contribution is 5.90. The maximum Gasteiger partial charge on any atom is 0.229 e. The van der Waals surface area contributed by atoms with Crippen LogP contribution in [-0.4, -0.2) is 25.8 Å². The van der Waals surface area contributed by atoms with Crippen molar-refractivity contribution in [3.05, 3.63) is 72.7 Å². The van der Waals surface area contributed by atoms with E-state index in [1.807, 2.05) is 30.3 Å². The Labute approximate surface area is 165 Å². The zero-order valence-electron chi connectivity index (χ0n) is 15.3. The number of halogens is 1. The topological polar surface area (TPSA) is 94.7 Å². The summed E-state index contributed by atoms with van der Waals surface area (Å²) in [4.78, 5) is 29.5. The van der Waals surface area contributed by atoms with E-state index in [9.17, 15) is 9.18 Å². The summed E-state index contributed by atoms with van der Waals surface area (Å²) in [6, 6.07) is 11.2. The third kappa shape index (κ3) is 2.82. The number of nitrogens with zero attached hydrogens (tertiary/aromatic N) is 4. The number of hydrogen-bond donors (Lipinski definition) is 1. The van der Waals surface area contributed by atoms with E-state index in [0.717, 1.165) is 17.1 Å². The molecule has 1 aromatic carbocycles. The van der Waals surface area contributed by atoms with Gasteiger partial charge in [-0.3, -0.25) is 19.7 Å². The Bertz CT molecular complexity index is 1270. The summed E-state index contributed by atoms with van der Waals surface area (Å²) in [5.74, 6) is -0.919. The minimum atomic E-state index is -0.790. The predicted octanol–water partition coefficient (Wildman–Crippen LogP) is 3.41. The first-order valence-corrected chi connectivity index (χ1v) is 9.21. The Balaban J connectivity index is 1.75. The second-order valence-electron chi connectivity index (χ2n) is 7.17. The molecule has 142 valence electrons. The Morgan fingerprint density at radius 2 is 1.86 bits per heavy atom. The number of carbonyl (C=O) groups is 1. The first kappa shape index (κ1) is 17.4. The smallest absolute Gasteiger partial charge is 0.229 e. The fourth-order valence-corrected chi connectivity index (χ4v) is 3.54. The normalized spacial score (nSPS) is 14.7. The number of para-hydroxylation sites is 1. The van der Waals surface area contributed by atoms with Gasteiger partial charge in [0.25, 0.3) is 0 Å². The van der Waals surface area contributed by atoms with E-state index in [2.05, 4.69) is 15.0 Å². The average Bonchev–Trinajstić information content (AvgIpc) is 3.56. The van der Waals surface area contributed by atoms with Gasteiger partial charge in [0.15, 0.2) is 5.82 Å². The molecule has 1 fully saturated rings. The van der Waals surface area contributed by atoms with Crippen LogP contribution in [-0.2, 0) is 10.2 Å². The largest absolute Gasteiger partial charge is 0.369 e. The van der Waals surface area contributed by atoms with Crippen LogP contribution in [0.2, 0.25) is 0 Å². The van der Waals surface area contributed by atoms with Crippen LogP contribution in [0.1, 0.15) is 18.5 Å². The molecule has 5 rings (SSSR count). The molecule has 6 nitrogen and oxygen atoms in total. The average molecular weight is 385 g/mol. The van der Waals surface area contributed by atoms with Gasteiger partial charge in [0.05, 0.1) is 40.4 Å². The molecule has 1 aliphatic rings. The quantitative estimate of drug-likeness (QED) is 0.581. The Hall–Kier alpha value is -3.74. The molecule has 1 saturated carbocycles. The molecule has 0 unspecified atom stereocenters. The van der Waals surface area contributed by atoms with Crippen LogP contribution in [0.15, 0.2) is 61.2 Å². The van der Waals surface area contributed by atoms with E-state index < -0.39 is 17.1 Å². The molecular weight excluding hydrogens is 369 g/mol. The van der Waals surface area contributed by atoms with Crippen molar-refractivity contribution in [3.63, 3.8) is 0 Å². The fourth-order valence-electron chi connectivity index (χ4n) is 3.54. The summed E-state index contributed by atoms with van der Waals surface area (Å²) in [7, 11) is 0. The zero-order valence-corrected chi connectivity index (χ0v) is 15.3. The maximum atomic E-state index is 14.5. The third-order valence-electron chi connectivity index (χ3n) is 5.38. The van der Waals surface area contributed by atoms with Gasteiger partial charge < -0.3 is 5.73 Å². The monoisotopic (exact) mass is 385 g/mol. The Kier molecular flexibility index (Phi) is 3.84. The molecule has 1 amide bonds. The van der Waals surface area contributed by atoms with Gasteiger partial charge in [-0.05, 0) is 31.0 Å². The zero-order chi connectivity index (χ0) is 20.0. The van der Waals surface area contributed by atoms with Gasteiger partial charge in [-0.1, -0.05) is 18.2 Å². The minimum Gasteiger partial charge on any atom is -0.369 e. The predicted molar refractivity (Wildman–Crippen MR) is 106 cm³/mol. The van der Waals surface area contributed by atoms with Crippen molar-refractivity contribution in [3.8, 4) is 22.5 Å². The van der Waals surface area contributed by atoms with Gasteiger partial charge in [-0.15, -0.1) is 0 Å². The number of carbonyl (C=O) groups excluding carboxylic acids is 1. The highest BCUT2D eigenvalue weighted by atomic mass is 19.1. The molecule has 0 saturated heterocycles. The van der Waals surface area contributed by atoms with Crippen molar-refractivity contribution in [2.45, 2.75) is 18.3 Å². The van der Waals surface area contributed by atoms with Crippen molar-refractivity contribution in [1.29, 1.82) is 0 Å². The molecule has 4 aromatic rings.